The number of carboxylic acids is 1. The van der Waals surface area contributed by atoms with Crippen molar-refractivity contribution in [3.63, 3.8) is 0 Å². The van der Waals surface area contributed by atoms with Crippen molar-refractivity contribution in [1.82, 2.24) is 0 Å². The Kier molecular flexibility index (Phi) is 34.9. The van der Waals surface area contributed by atoms with E-state index >= 15 is 0 Å². The molecule has 0 atom stereocenters. The van der Waals surface area contributed by atoms with Crippen LogP contribution in [0.25, 0.3) is 10.8 Å². The number of azo groups is 2. The number of rotatable bonds is 22. The topological polar surface area (TPSA) is 477 Å². The number of hydrogen-bond acceptors (Lipinski definition) is 31. The quantitative estimate of drug-likeness (QED) is 0.00849. The van der Waals surface area contributed by atoms with Crippen molar-refractivity contribution in [2.24, 2.45) is 20.5 Å². The summed E-state index contributed by atoms with van der Waals surface area (Å²) in [5, 5.41) is 63.4. The van der Waals surface area contributed by atoms with Gasteiger partial charge in [-0.1, -0.05) is 0 Å². The molecule has 42 heteroatoms. The molecule has 0 radical (unpaired) electrons. The van der Waals surface area contributed by atoms with Crippen LogP contribution in [-0.4, -0.2) is 91.5 Å². The van der Waals surface area contributed by atoms with Gasteiger partial charge in [0.05, 0.1) is 84.0 Å². The standard InChI is InChI=1S/C27H25N5O24S7.6Na/c28-23-22-13(10-21(62(45,46)47)25(23)32-29-17-3-1-14(11-16(17)27(34)35)60(40,41)8-6-52-63(48,49)50)9-19(57-55-53-36)24(26(22)33)31-30-18-4-2-15(12-20(18)61(42,43)44)59(38,39)7-5-51-58-56-54-37;;;;;;/h1-4,9-12,33,36-37H,5-8,28H2,(H,34,35)(H,42,43,44)(H,45,46,47)(H,48,49,50);;;;;;/q;6*+1/p-6. The van der Waals surface area contributed by atoms with Gasteiger partial charge in [0.15, 0.2) is 37.7 Å². The second-order valence-electron chi connectivity index (χ2n) is 11.3. The van der Waals surface area contributed by atoms with Gasteiger partial charge >= 0.3 is 177 Å². The number of carbonyl (C=O) groups excluding carboxylic acids is 1. The first-order chi connectivity index (χ1) is 29.2. The summed E-state index contributed by atoms with van der Waals surface area (Å²) in [6, 6.07) is 5.19. The molecule has 0 spiro atoms. The molecule has 0 aliphatic carbocycles. The van der Waals surface area contributed by atoms with Crippen molar-refractivity contribution in [2.45, 2.75) is 24.5 Å². The molecule has 0 aromatic heterocycles. The second-order valence-corrected chi connectivity index (χ2v) is 20.5. The summed E-state index contributed by atoms with van der Waals surface area (Å²) < 4.78 is 173. The molecule has 4 aromatic rings. The number of nitrogens with two attached hydrogens (primary N) is 1. The van der Waals surface area contributed by atoms with E-state index < -0.39 is 156 Å². The number of nitrogen functional groups attached to an aromatic ring is 1. The zero-order valence-electron chi connectivity index (χ0n) is 36.0. The number of sulfone groups is 2. The maximum absolute atomic E-state index is 12.8. The van der Waals surface area contributed by atoms with Crippen molar-refractivity contribution in [2.75, 3.05) is 30.5 Å². The van der Waals surface area contributed by atoms with Crippen molar-refractivity contribution in [1.29, 1.82) is 0 Å². The molecule has 4 aromatic carbocycles. The van der Waals surface area contributed by atoms with Crippen LogP contribution in [0.2, 0.25) is 0 Å². The first-order valence-electron chi connectivity index (χ1n) is 15.5. The van der Waals surface area contributed by atoms with E-state index in [1.807, 2.05) is 0 Å². The molecular formula is C27H19N5Na6O24S7. The molecule has 29 nitrogen and oxygen atoms in total. The van der Waals surface area contributed by atoms with Crippen molar-refractivity contribution < 1.29 is 286 Å². The predicted octanol–water partition coefficient (Wildman–Crippen LogP) is -18.8. The van der Waals surface area contributed by atoms with Gasteiger partial charge in [0.1, 0.15) is 37.3 Å². The molecule has 0 fully saturated rings. The first-order valence-corrected chi connectivity index (χ1v) is 24.4. The number of hydrogen-bond donors (Lipinski definition) is 2. The Labute approximate surface area is 532 Å². The minimum absolute atomic E-state index is 0. The molecule has 4 rings (SSSR count). The maximum Gasteiger partial charge on any atom is 1.00 e. The minimum Gasteiger partial charge on any atom is -0.744 e. The third-order valence-corrected chi connectivity index (χ3v) is 14.0. The molecule has 0 saturated heterocycles. The monoisotopic (exact) mass is 1160 g/mol. The molecule has 0 heterocycles. The fraction of sp³-hybridized carbons (Fsp3) is 0.148. The Morgan fingerprint density at radius 2 is 1.16 bits per heavy atom. The van der Waals surface area contributed by atoms with Crippen LogP contribution in [0.3, 0.4) is 0 Å². The summed E-state index contributed by atoms with van der Waals surface area (Å²) in [6.45, 7) is -1.79. The molecule has 0 aliphatic heterocycles. The summed E-state index contributed by atoms with van der Waals surface area (Å²) in [5.41, 5.74) is 0.674. The number of aromatic hydroxyl groups is 1. The van der Waals surface area contributed by atoms with Crippen LogP contribution in [0.1, 0.15) is 10.4 Å². The Hall–Kier alpha value is 1.42. The van der Waals surface area contributed by atoms with Gasteiger partial charge in [-0.25, -0.2) is 42.1 Å². The maximum atomic E-state index is 12.8. The Balaban J connectivity index is -0.00000726. The fourth-order valence-corrected chi connectivity index (χ4v) is 9.64. The fourth-order valence-electron chi connectivity index (χ4n) is 4.84. The zero-order valence-corrected chi connectivity index (χ0v) is 53.7. The molecule has 0 saturated carbocycles. The summed E-state index contributed by atoms with van der Waals surface area (Å²) in [7, 11) is -25.4. The Morgan fingerprint density at radius 3 is 1.68 bits per heavy atom. The molecule has 0 amide bonds. The van der Waals surface area contributed by atoms with E-state index in [1.54, 1.807) is 0 Å². The largest absolute Gasteiger partial charge is 1.00 e. The first kappa shape index (κ1) is 74.7. The Bertz CT molecular complexity index is 3090. The van der Waals surface area contributed by atoms with Crippen molar-refractivity contribution in [3.05, 3.63) is 54.1 Å². The summed E-state index contributed by atoms with van der Waals surface area (Å²) >= 11 is -0.0620. The third-order valence-electron chi connectivity index (χ3n) is 7.48. The van der Waals surface area contributed by atoms with Gasteiger partial charge in [-0.3, -0.25) is 18.4 Å². The predicted molar refractivity (Wildman–Crippen MR) is 195 cm³/mol. The van der Waals surface area contributed by atoms with E-state index in [2.05, 4.69) is 47.6 Å². The Morgan fingerprint density at radius 1 is 0.652 bits per heavy atom. The van der Waals surface area contributed by atoms with Gasteiger partial charge in [-0.15, -0.1) is 24.8 Å². The van der Waals surface area contributed by atoms with E-state index in [4.69, 9.17) is 5.73 Å². The number of phenolic OH excluding ortho intramolecular Hbond substituents is 1. The van der Waals surface area contributed by atoms with Crippen LogP contribution in [0.15, 0.2) is 93.5 Å². The smallest absolute Gasteiger partial charge is 0.744 e. The van der Waals surface area contributed by atoms with E-state index in [0.29, 0.717) is 30.3 Å². The average Bonchev–Trinajstić information content (AvgIpc) is 3.17. The normalized spacial score (nSPS) is 12.0. The van der Waals surface area contributed by atoms with E-state index in [0.717, 1.165) is 18.2 Å². The van der Waals surface area contributed by atoms with Gasteiger partial charge in [0.25, 0.3) is 0 Å². The molecule has 3 N–H and O–H groups in total. The van der Waals surface area contributed by atoms with Gasteiger partial charge in [-0.2, -0.15) is 4.33 Å². The number of nitrogens with zero attached hydrogens (tertiary/aromatic N) is 4. The molecule has 0 unspecified atom stereocenters. The molecule has 344 valence electrons. The van der Waals surface area contributed by atoms with Gasteiger partial charge < -0.3 is 44.9 Å². The number of anilines is 1. The number of benzene rings is 4. The van der Waals surface area contributed by atoms with Crippen molar-refractivity contribution in [3.8, 4) is 5.75 Å². The van der Waals surface area contributed by atoms with Crippen LogP contribution in [0.4, 0.5) is 28.4 Å². The number of fused-ring (bicyclic) bond motifs is 1. The number of carboxylic acid groups (broad SMARTS) is 1. The third kappa shape index (κ3) is 21.4. The van der Waals surface area contributed by atoms with Crippen LogP contribution in [0, 0.1) is 0 Å². The van der Waals surface area contributed by atoms with Crippen LogP contribution in [0.5, 0.6) is 5.75 Å². The van der Waals surface area contributed by atoms with Gasteiger partial charge in [0, 0.05) is 5.56 Å². The van der Waals surface area contributed by atoms with Gasteiger partial charge in [-0.05, 0) is 53.9 Å². The molecular weight excluding hydrogens is 1140 g/mol. The SMILES string of the molecule is Nc1c(N=Nc2ccc(S(=O)(=O)CCOS(=O)(=O)[O-])cc2C(=O)[O-])c(S(=O)(=O)[O-])cc2cc(SOO[O-])c(N=Nc3ccc(S(=O)(=O)CCOSOO[O-])cc3S(=O)(=O)[O-])c(O)c12.[Na+].[Na+].[Na+].[Na+].[Na+].[Na+]. The number of aromatic carboxylic acids is 1. The van der Waals surface area contributed by atoms with E-state index in [9.17, 15) is 81.3 Å². The van der Waals surface area contributed by atoms with Crippen LogP contribution in [-0.2, 0) is 77.4 Å². The summed E-state index contributed by atoms with van der Waals surface area (Å²) in [6.07, 6.45) is 0. The summed E-state index contributed by atoms with van der Waals surface area (Å²) in [4.78, 5) is 7.36. The summed E-state index contributed by atoms with van der Waals surface area (Å²) in [5.74, 6) is -5.21. The van der Waals surface area contributed by atoms with Crippen LogP contribution < -0.4 is 199 Å². The molecule has 0 aliphatic rings. The average molecular weight is 1160 g/mol. The second kappa shape index (κ2) is 32.2. The number of carbonyl (C=O) groups is 1. The zero-order chi connectivity index (χ0) is 47.1. The van der Waals surface area contributed by atoms with E-state index in [-0.39, 0.29) is 202 Å². The van der Waals surface area contributed by atoms with Crippen LogP contribution >= 0.6 is 24.4 Å². The number of phenols is 1. The van der Waals surface area contributed by atoms with Crippen molar-refractivity contribution >= 4 is 120 Å². The molecule has 0 bridgehead atoms. The minimum atomic E-state index is -5.63. The van der Waals surface area contributed by atoms with Gasteiger partial charge in [0.2, 0.25) is 10.4 Å². The molecule has 69 heavy (non-hydrogen) atoms. The van der Waals surface area contributed by atoms with E-state index in [1.165, 1.54) is 0 Å².